The highest BCUT2D eigenvalue weighted by molar-refractivity contribution is 9.10. The zero-order chi connectivity index (χ0) is 13.8. The van der Waals surface area contributed by atoms with Crippen LogP contribution in [-0.2, 0) is 4.79 Å². The van der Waals surface area contributed by atoms with Gasteiger partial charge in [-0.1, -0.05) is 28.1 Å². The van der Waals surface area contributed by atoms with Gasteiger partial charge in [0.1, 0.15) is 23.2 Å². The molecule has 2 rings (SSSR count). The van der Waals surface area contributed by atoms with Gasteiger partial charge in [0.25, 0.3) is 5.91 Å². The fourth-order valence-electron chi connectivity index (χ4n) is 1.50. The van der Waals surface area contributed by atoms with Crippen LogP contribution in [0.3, 0.4) is 0 Å². The van der Waals surface area contributed by atoms with Crippen LogP contribution in [0.15, 0.2) is 50.9 Å². The Kier molecular flexibility index (Phi) is 3.83. The second-order valence-electron chi connectivity index (χ2n) is 3.74. The van der Waals surface area contributed by atoms with Gasteiger partial charge >= 0.3 is 0 Å². The summed E-state index contributed by atoms with van der Waals surface area (Å²) in [5.41, 5.74) is 5.81. The van der Waals surface area contributed by atoms with Gasteiger partial charge < -0.3 is 10.2 Å². The van der Waals surface area contributed by atoms with Crippen LogP contribution in [0.5, 0.6) is 0 Å². The molecule has 1 amide bonds. The first-order valence-electron chi connectivity index (χ1n) is 5.37. The summed E-state index contributed by atoms with van der Waals surface area (Å²) < 4.78 is 6.52. The summed E-state index contributed by atoms with van der Waals surface area (Å²) in [6, 6.07) is 12.8. The van der Waals surface area contributed by atoms with Crippen molar-refractivity contribution in [2.24, 2.45) is 5.73 Å². The molecule has 2 aromatic rings. The largest absolute Gasteiger partial charge is 0.457 e. The predicted octanol–water partition coefficient (Wildman–Crippen LogP) is 3.10. The first-order chi connectivity index (χ1) is 9.10. The van der Waals surface area contributed by atoms with E-state index in [1.165, 1.54) is 6.08 Å². The molecule has 2 N–H and O–H groups in total. The van der Waals surface area contributed by atoms with Crippen molar-refractivity contribution in [1.82, 2.24) is 0 Å². The molecule has 19 heavy (non-hydrogen) atoms. The van der Waals surface area contributed by atoms with Gasteiger partial charge in [-0.15, -0.1) is 0 Å². The Labute approximate surface area is 118 Å². The lowest BCUT2D eigenvalue weighted by atomic mass is 10.2. The molecule has 0 spiro atoms. The summed E-state index contributed by atoms with van der Waals surface area (Å²) in [5.74, 6) is 0.290. The number of nitrogens with two attached hydrogens (primary N) is 1. The molecule has 1 aromatic heterocycles. The number of carbonyl (C=O) groups excluding carboxylic acids is 1. The van der Waals surface area contributed by atoms with E-state index in [1.54, 1.807) is 18.2 Å². The number of hydrogen-bond acceptors (Lipinski definition) is 3. The number of nitriles is 1. The molecular weight excluding hydrogens is 308 g/mol. The van der Waals surface area contributed by atoms with Crippen LogP contribution in [0, 0.1) is 11.3 Å². The highest BCUT2D eigenvalue weighted by Crippen LogP contribution is 2.24. The molecule has 1 aromatic carbocycles. The summed E-state index contributed by atoms with van der Waals surface area (Å²) in [7, 11) is 0. The molecule has 0 bridgehead atoms. The number of furan rings is 1. The quantitative estimate of drug-likeness (QED) is 0.698. The lowest BCUT2D eigenvalue weighted by Crippen LogP contribution is -2.12. The Balaban J connectivity index is 2.32. The van der Waals surface area contributed by atoms with Gasteiger partial charge in [0.05, 0.1) is 0 Å². The minimum absolute atomic E-state index is 0.142. The van der Waals surface area contributed by atoms with E-state index < -0.39 is 5.91 Å². The number of amides is 1. The molecule has 4 nitrogen and oxygen atoms in total. The minimum Gasteiger partial charge on any atom is -0.457 e. The molecule has 0 aliphatic rings. The van der Waals surface area contributed by atoms with E-state index in [2.05, 4.69) is 15.9 Å². The number of carbonyl (C=O) groups is 1. The molecular formula is C14H9BrN2O2. The maximum atomic E-state index is 10.9. The van der Waals surface area contributed by atoms with E-state index in [-0.39, 0.29) is 5.57 Å². The van der Waals surface area contributed by atoms with Gasteiger partial charge in [0.2, 0.25) is 0 Å². The zero-order valence-corrected chi connectivity index (χ0v) is 11.3. The molecule has 0 aliphatic heterocycles. The van der Waals surface area contributed by atoms with E-state index in [1.807, 2.05) is 24.3 Å². The second kappa shape index (κ2) is 5.55. The van der Waals surface area contributed by atoms with Crippen LogP contribution in [-0.4, -0.2) is 5.91 Å². The molecule has 0 radical (unpaired) electrons. The molecule has 0 atom stereocenters. The van der Waals surface area contributed by atoms with Gasteiger partial charge in [0, 0.05) is 16.1 Å². The Bertz CT molecular complexity index is 678. The van der Waals surface area contributed by atoms with Crippen LogP contribution < -0.4 is 5.73 Å². The molecule has 0 aliphatic carbocycles. The smallest absolute Gasteiger partial charge is 0.259 e. The summed E-state index contributed by atoms with van der Waals surface area (Å²) in [5, 5.41) is 8.75. The summed E-state index contributed by atoms with van der Waals surface area (Å²) >= 11 is 3.35. The predicted molar refractivity (Wildman–Crippen MR) is 74.6 cm³/mol. The van der Waals surface area contributed by atoms with E-state index in [4.69, 9.17) is 15.4 Å². The average molecular weight is 317 g/mol. The molecule has 0 unspecified atom stereocenters. The summed E-state index contributed by atoms with van der Waals surface area (Å²) in [4.78, 5) is 10.9. The number of hydrogen-bond donors (Lipinski definition) is 1. The van der Waals surface area contributed by atoms with Crippen molar-refractivity contribution < 1.29 is 9.21 Å². The average Bonchev–Trinajstić information content (AvgIpc) is 2.85. The zero-order valence-electron chi connectivity index (χ0n) is 9.76. The number of primary amides is 1. The summed E-state index contributed by atoms with van der Waals surface area (Å²) in [6.45, 7) is 0. The van der Waals surface area contributed by atoms with Crippen molar-refractivity contribution in [2.75, 3.05) is 0 Å². The Morgan fingerprint density at radius 1 is 1.26 bits per heavy atom. The molecule has 94 valence electrons. The van der Waals surface area contributed by atoms with E-state index in [0.717, 1.165) is 10.0 Å². The third-order valence-electron chi connectivity index (χ3n) is 2.43. The van der Waals surface area contributed by atoms with Gasteiger partial charge in [-0.3, -0.25) is 4.79 Å². The number of benzene rings is 1. The van der Waals surface area contributed by atoms with Crippen LogP contribution >= 0.6 is 15.9 Å². The third-order valence-corrected chi connectivity index (χ3v) is 2.96. The molecule has 1 heterocycles. The highest BCUT2D eigenvalue weighted by atomic mass is 79.9. The fourth-order valence-corrected chi connectivity index (χ4v) is 1.76. The lowest BCUT2D eigenvalue weighted by Gasteiger charge is -1.96. The molecule has 0 saturated heterocycles. The topological polar surface area (TPSA) is 80.0 Å². The number of halogens is 1. The normalized spacial score (nSPS) is 11.1. The van der Waals surface area contributed by atoms with E-state index in [9.17, 15) is 4.79 Å². The van der Waals surface area contributed by atoms with Crippen molar-refractivity contribution in [3.63, 3.8) is 0 Å². The monoisotopic (exact) mass is 316 g/mol. The van der Waals surface area contributed by atoms with Crippen molar-refractivity contribution in [3.8, 4) is 17.4 Å². The minimum atomic E-state index is -0.774. The SMILES string of the molecule is N#CC(=Cc1ccc(-c2ccc(Br)cc2)o1)C(N)=O. The van der Waals surface area contributed by atoms with Crippen LogP contribution in [0.1, 0.15) is 5.76 Å². The third kappa shape index (κ3) is 3.12. The summed E-state index contributed by atoms with van der Waals surface area (Å²) in [6.07, 6.45) is 1.32. The Morgan fingerprint density at radius 2 is 1.95 bits per heavy atom. The van der Waals surface area contributed by atoms with Crippen LogP contribution in [0.4, 0.5) is 0 Å². The molecule has 5 heteroatoms. The van der Waals surface area contributed by atoms with Crippen molar-refractivity contribution in [1.29, 1.82) is 5.26 Å². The molecule has 0 fully saturated rings. The van der Waals surface area contributed by atoms with E-state index >= 15 is 0 Å². The van der Waals surface area contributed by atoms with E-state index in [0.29, 0.717) is 11.5 Å². The first kappa shape index (κ1) is 13.1. The first-order valence-corrected chi connectivity index (χ1v) is 6.17. The van der Waals surface area contributed by atoms with Crippen LogP contribution in [0.2, 0.25) is 0 Å². The van der Waals surface area contributed by atoms with Gasteiger partial charge in [0.15, 0.2) is 0 Å². The number of nitrogens with zero attached hydrogens (tertiary/aromatic N) is 1. The van der Waals surface area contributed by atoms with Gasteiger partial charge in [-0.25, -0.2) is 0 Å². The maximum Gasteiger partial charge on any atom is 0.259 e. The van der Waals surface area contributed by atoms with Crippen molar-refractivity contribution >= 4 is 27.9 Å². The van der Waals surface area contributed by atoms with Crippen molar-refractivity contribution in [3.05, 3.63) is 52.2 Å². The standard InChI is InChI=1S/C14H9BrN2O2/c15-11-3-1-9(2-4-11)13-6-5-12(19-13)7-10(8-16)14(17)18/h1-7H,(H2,17,18). The lowest BCUT2D eigenvalue weighted by molar-refractivity contribution is -0.114. The van der Waals surface area contributed by atoms with Gasteiger partial charge in [-0.05, 0) is 24.3 Å². The maximum absolute atomic E-state index is 10.9. The van der Waals surface area contributed by atoms with Crippen LogP contribution in [0.25, 0.3) is 17.4 Å². The Morgan fingerprint density at radius 3 is 2.53 bits per heavy atom. The fraction of sp³-hybridized carbons (Fsp3) is 0. The molecule has 0 saturated carbocycles. The van der Waals surface area contributed by atoms with Gasteiger partial charge in [-0.2, -0.15) is 5.26 Å². The second-order valence-corrected chi connectivity index (χ2v) is 4.66. The van der Waals surface area contributed by atoms with Crippen molar-refractivity contribution in [2.45, 2.75) is 0 Å². The number of rotatable bonds is 3. The highest BCUT2D eigenvalue weighted by Gasteiger charge is 2.07. The Hall–Kier alpha value is -2.32.